The standard InChI is InChI=1S/C18H27N3/c1-12-9-13(2)18(14(3)10-12)11-21-16(5)17(7-8-19-6)15(4)20-21/h9-10,19H,7-8,11H2,1-6H3. The van der Waals surface area contributed by atoms with Crippen molar-refractivity contribution >= 4 is 0 Å². The Balaban J connectivity index is 2.33. The molecule has 0 radical (unpaired) electrons. The molecule has 1 aromatic heterocycles. The average Bonchev–Trinajstić information content (AvgIpc) is 2.66. The number of hydrogen-bond donors (Lipinski definition) is 1. The summed E-state index contributed by atoms with van der Waals surface area (Å²) >= 11 is 0. The van der Waals surface area contributed by atoms with Crippen LogP contribution < -0.4 is 5.32 Å². The number of rotatable bonds is 5. The minimum Gasteiger partial charge on any atom is -0.319 e. The van der Waals surface area contributed by atoms with Crippen LogP contribution >= 0.6 is 0 Å². The predicted molar refractivity (Wildman–Crippen MR) is 89.1 cm³/mol. The third-order valence-corrected chi connectivity index (χ3v) is 4.30. The highest BCUT2D eigenvalue weighted by Gasteiger charge is 2.13. The van der Waals surface area contributed by atoms with Crippen molar-refractivity contribution in [3.8, 4) is 0 Å². The van der Waals surface area contributed by atoms with Gasteiger partial charge >= 0.3 is 0 Å². The van der Waals surface area contributed by atoms with Crippen LogP contribution in [0.4, 0.5) is 0 Å². The van der Waals surface area contributed by atoms with Gasteiger partial charge in [-0.15, -0.1) is 0 Å². The number of nitrogens with zero attached hydrogens (tertiary/aromatic N) is 2. The first-order chi connectivity index (χ1) is 9.93. The van der Waals surface area contributed by atoms with E-state index < -0.39 is 0 Å². The SMILES string of the molecule is CNCCc1c(C)nn(Cc2c(C)cc(C)cc2C)c1C. The zero-order valence-corrected chi connectivity index (χ0v) is 14.2. The topological polar surface area (TPSA) is 29.9 Å². The summed E-state index contributed by atoms with van der Waals surface area (Å²) in [6.07, 6.45) is 1.04. The third kappa shape index (κ3) is 3.35. The summed E-state index contributed by atoms with van der Waals surface area (Å²) in [5.41, 5.74) is 9.27. The van der Waals surface area contributed by atoms with Crippen LogP contribution in [-0.2, 0) is 13.0 Å². The number of aryl methyl sites for hydroxylation is 4. The number of hydrogen-bond acceptors (Lipinski definition) is 2. The number of likely N-dealkylation sites (N-methyl/N-ethyl adjacent to an activating group) is 1. The lowest BCUT2D eigenvalue weighted by Gasteiger charge is -2.13. The second kappa shape index (κ2) is 6.44. The van der Waals surface area contributed by atoms with E-state index in [0.29, 0.717) is 0 Å². The number of benzene rings is 1. The highest BCUT2D eigenvalue weighted by atomic mass is 15.3. The minimum atomic E-state index is 0.865. The molecule has 3 nitrogen and oxygen atoms in total. The van der Waals surface area contributed by atoms with E-state index in [1.807, 2.05) is 7.05 Å². The molecule has 0 amide bonds. The molecular formula is C18H27N3. The lowest BCUT2D eigenvalue weighted by Crippen LogP contribution is -2.12. The van der Waals surface area contributed by atoms with Crippen LogP contribution in [0.25, 0.3) is 0 Å². The highest BCUT2D eigenvalue weighted by Crippen LogP contribution is 2.20. The van der Waals surface area contributed by atoms with Gasteiger partial charge in [-0.05, 0) is 76.9 Å². The van der Waals surface area contributed by atoms with Gasteiger partial charge in [-0.2, -0.15) is 5.10 Å². The van der Waals surface area contributed by atoms with Crippen molar-refractivity contribution < 1.29 is 0 Å². The van der Waals surface area contributed by atoms with Crippen LogP contribution in [0.2, 0.25) is 0 Å². The molecule has 0 aliphatic heterocycles. The van der Waals surface area contributed by atoms with Crippen LogP contribution in [0.1, 0.15) is 39.2 Å². The van der Waals surface area contributed by atoms with E-state index in [9.17, 15) is 0 Å². The molecule has 21 heavy (non-hydrogen) atoms. The molecule has 0 spiro atoms. The molecular weight excluding hydrogens is 258 g/mol. The van der Waals surface area contributed by atoms with Crippen LogP contribution in [0.5, 0.6) is 0 Å². The summed E-state index contributed by atoms with van der Waals surface area (Å²) in [6.45, 7) is 12.7. The monoisotopic (exact) mass is 285 g/mol. The molecule has 2 aromatic rings. The Labute approximate surface area is 128 Å². The molecule has 0 fully saturated rings. The Hall–Kier alpha value is -1.61. The number of nitrogens with one attached hydrogen (secondary N) is 1. The van der Waals surface area contributed by atoms with Crippen LogP contribution in [0.3, 0.4) is 0 Å². The van der Waals surface area contributed by atoms with Crippen molar-refractivity contribution in [3.63, 3.8) is 0 Å². The maximum absolute atomic E-state index is 4.75. The molecule has 1 heterocycles. The molecule has 2 rings (SSSR count). The summed E-state index contributed by atoms with van der Waals surface area (Å²) in [4.78, 5) is 0. The Morgan fingerprint density at radius 2 is 1.62 bits per heavy atom. The van der Waals surface area contributed by atoms with E-state index in [4.69, 9.17) is 5.10 Å². The van der Waals surface area contributed by atoms with Gasteiger partial charge in [-0.25, -0.2) is 0 Å². The fraction of sp³-hybridized carbons (Fsp3) is 0.500. The zero-order valence-electron chi connectivity index (χ0n) is 14.2. The second-order valence-corrected chi connectivity index (χ2v) is 6.04. The van der Waals surface area contributed by atoms with Gasteiger partial charge in [0.1, 0.15) is 0 Å². The van der Waals surface area contributed by atoms with Crippen molar-refractivity contribution in [1.82, 2.24) is 15.1 Å². The molecule has 0 aliphatic rings. The quantitative estimate of drug-likeness (QED) is 0.914. The zero-order chi connectivity index (χ0) is 15.6. The first-order valence-corrected chi connectivity index (χ1v) is 7.68. The van der Waals surface area contributed by atoms with Gasteiger partial charge in [-0.1, -0.05) is 17.7 Å². The highest BCUT2D eigenvalue weighted by molar-refractivity contribution is 5.38. The van der Waals surface area contributed by atoms with E-state index in [0.717, 1.165) is 25.2 Å². The molecule has 3 heteroatoms. The van der Waals surface area contributed by atoms with Gasteiger partial charge in [0.25, 0.3) is 0 Å². The summed E-state index contributed by atoms with van der Waals surface area (Å²) in [7, 11) is 1.99. The Bertz CT molecular complexity index is 615. The van der Waals surface area contributed by atoms with E-state index in [1.54, 1.807) is 0 Å². The Morgan fingerprint density at radius 1 is 1.00 bits per heavy atom. The van der Waals surface area contributed by atoms with Crippen LogP contribution in [0.15, 0.2) is 12.1 Å². The van der Waals surface area contributed by atoms with Crippen molar-refractivity contribution in [3.05, 3.63) is 51.3 Å². The van der Waals surface area contributed by atoms with Crippen LogP contribution in [-0.4, -0.2) is 23.4 Å². The van der Waals surface area contributed by atoms with Gasteiger partial charge in [0.15, 0.2) is 0 Å². The van der Waals surface area contributed by atoms with Crippen LogP contribution in [0, 0.1) is 34.6 Å². The minimum absolute atomic E-state index is 0.865. The molecule has 1 aromatic carbocycles. The predicted octanol–water partition coefficient (Wildman–Crippen LogP) is 3.24. The molecule has 0 unspecified atom stereocenters. The summed E-state index contributed by atoms with van der Waals surface area (Å²) in [6, 6.07) is 4.52. The van der Waals surface area contributed by atoms with Gasteiger partial charge in [0.2, 0.25) is 0 Å². The summed E-state index contributed by atoms with van der Waals surface area (Å²) in [5, 5.41) is 7.97. The molecule has 114 valence electrons. The first kappa shape index (κ1) is 15.8. The Kier molecular flexibility index (Phi) is 4.84. The maximum Gasteiger partial charge on any atom is 0.0667 e. The van der Waals surface area contributed by atoms with Crippen molar-refractivity contribution in [1.29, 1.82) is 0 Å². The number of aromatic nitrogens is 2. The van der Waals surface area contributed by atoms with E-state index >= 15 is 0 Å². The lowest BCUT2D eigenvalue weighted by atomic mass is 10.00. The van der Waals surface area contributed by atoms with Gasteiger partial charge in [0, 0.05) is 5.69 Å². The molecule has 0 saturated carbocycles. The first-order valence-electron chi connectivity index (χ1n) is 7.68. The fourth-order valence-corrected chi connectivity index (χ4v) is 3.11. The smallest absolute Gasteiger partial charge is 0.0667 e. The van der Waals surface area contributed by atoms with E-state index in [2.05, 4.69) is 56.8 Å². The normalized spacial score (nSPS) is 11.1. The fourth-order valence-electron chi connectivity index (χ4n) is 3.11. The van der Waals surface area contributed by atoms with Gasteiger partial charge in [0.05, 0.1) is 12.2 Å². The molecule has 0 aliphatic carbocycles. The van der Waals surface area contributed by atoms with Crippen molar-refractivity contribution in [2.45, 2.75) is 47.6 Å². The molecule has 0 atom stereocenters. The largest absolute Gasteiger partial charge is 0.319 e. The third-order valence-electron chi connectivity index (χ3n) is 4.30. The van der Waals surface area contributed by atoms with E-state index in [1.165, 1.54) is 33.5 Å². The second-order valence-electron chi connectivity index (χ2n) is 6.04. The van der Waals surface area contributed by atoms with E-state index in [-0.39, 0.29) is 0 Å². The molecule has 0 saturated heterocycles. The summed E-state index contributed by atoms with van der Waals surface area (Å²) < 4.78 is 2.16. The van der Waals surface area contributed by atoms with Gasteiger partial charge in [-0.3, -0.25) is 4.68 Å². The van der Waals surface area contributed by atoms with Gasteiger partial charge < -0.3 is 5.32 Å². The molecule has 1 N–H and O–H groups in total. The maximum atomic E-state index is 4.75. The average molecular weight is 285 g/mol. The summed E-state index contributed by atoms with van der Waals surface area (Å²) in [5.74, 6) is 0. The van der Waals surface area contributed by atoms with Crippen molar-refractivity contribution in [2.75, 3.05) is 13.6 Å². The Morgan fingerprint density at radius 3 is 2.19 bits per heavy atom. The lowest BCUT2D eigenvalue weighted by molar-refractivity contribution is 0.652. The van der Waals surface area contributed by atoms with Crippen molar-refractivity contribution in [2.24, 2.45) is 0 Å². The molecule has 0 bridgehead atoms.